The Morgan fingerprint density at radius 3 is 1.02 bits per heavy atom. The smallest absolute Gasteiger partial charge is 0.456 e. The third-order valence-electron chi connectivity index (χ3n) is 23.8. The van der Waals surface area contributed by atoms with Crippen molar-refractivity contribution >= 4 is 72.4 Å². The molecule has 118 heavy (non-hydrogen) atoms. The second-order valence-corrected chi connectivity index (χ2v) is 33.1. The van der Waals surface area contributed by atoms with E-state index in [1.807, 2.05) is 182 Å². The molecule has 0 unspecified atom stereocenters. The molecular weight excluding hydrogens is 1520 g/mol. The summed E-state index contributed by atoms with van der Waals surface area (Å²) in [5, 5.41) is 22.9. The first-order valence-corrected chi connectivity index (χ1v) is 40.3. The summed E-state index contributed by atoms with van der Waals surface area (Å²) in [7, 11) is -0.539. The number of halogens is 1. The van der Waals surface area contributed by atoms with Gasteiger partial charge in [0, 0.05) is 75.8 Å². The monoisotopic (exact) mass is 1590 g/mol. The van der Waals surface area contributed by atoms with Gasteiger partial charge in [0.2, 0.25) is 0 Å². The largest absolute Gasteiger partial charge is 0.495 e. The van der Waals surface area contributed by atoms with Crippen molar-refractivity contribution < 1.29 is 18.1 Å². The lowest BCUT2D eigenvalue weighted by atomic mass is 9.73. The molecule has 18 aromatic rings. The van der Waals surface area contributed by atoms with E-state index >= 15 is 0 Å². The number of nitriles is 2. The van der Waals surface area contributed by atoms with Gasteiger partial charge >= 0.3 is 7.12 Å². The molecule has 0 bridgehead atoms. The lowest BCUT2D eigenvalue weighted by Gasteiger charge is -2.32. The van der Waals surface area contributed by atoms with E-state index in [2.05, 4.69) is 217 Å². The zero-order valence-corrected chi connectivity index (χ0v) is 67.8. The molecule has 2 aliphatic carbocycles. The number of para-hydroxylation sites is 2. The van der Waals surface area contributed by atoms with Crippen LogP contribution in [-0.2, 0) is 20.1 Å². The SMILES string of the molecule is CC1(C)OB(c2ccc3oc4ccccc4c3c2-c2ccc(-c3nc(-c4ccccc4)nc(-c4ccccc4)n3)cc2)OC1(C)C.CC1(C)c2cc(Br)ccc2-c2ccc(C#N)cc21.CC1(C)c2cc(C#N)ccc2-c2ccc(-c3ccc4oc5ccccc5c4c3-c3ccc(-c4nc(-c5ccccc5)nc(-c5ccccc5)n4)cc3)cc21. The van der Waals surface area contributed by atoms with Gasteiger partial charge in [-0.1, -0.05) is 292 Å². The highest BCUT2D eigenvalue weighted by atomic mass is 79.9. The quantitative estimate of drug-likeness (QED) is 0.119. The fraction of sp³-hybridized carbons (Fsp3) is 0.115. The van der Waals surface area contributed by atoms with E-state index in [0.717, 1.165) is 126 Å². The molecule has 0 radical (unpaired) electrons. The standard InChI is InChI=1S/C49H32N4O.C39H32BN3O3.C16H12BrN/c1-49(2)40-27-30(29-50)17-23-37(40)38-24-22-35(28-41(38)49)36-25-26-43-45(39-15-9-10-16-42(39)54-43)44(36)31-18-20-34(21-19-31)48-52-46(32-11-5-3-6-12-32)51-47(53-48)33-13-7-4-8-14-33;1-38(2)39(3,4)46-40(45-38)30-23-24-32-34(29-17-11-12-18-31(29)44-32)33(30)25-19-21-28(22-20-25)37-42-35(26-13-7-5-8-14-26)41-36(43-37)27-15-9-6-10-16-27;1-16(2)14-7-10(9-18)3-5-12(14)13-6-4-11(17)8-15(13)16/h3-28H,1-2H3;5-24H,1-4H3;3-8H,1-2H3. The molecule has 0 spiro atoms. The summed E-state index contributed by atoms with van der Waals surface area (Å²) in [6.07, 6.45) is 0. The van der Waals surface area contributed by atoms with Gasteiger partial charge in [0.1, 0.15) is 22.3 Å². The van der Waals surface area contributed by atoms with Gasteiger partial charge in [-0.25, -0.2) is 29.9 Å². The number of fused-ring (bicyclic) bond motifs is 12. The third kappa shape index (κ3) is 13.2. The molecule has 0 atom stereocenters. The Morgan fingerprint density at radius 1 is 0.288 bits per heavy atom. The van der Waals surface area contributed by atoms with Crippen LogP contribution in [0.1, 0.15) is 88.8 Å². The first-order chi connectivity index (χ1) is 57.3. The number of nitrogens with zero attached hydrogens (tertiary/aromatic N) is 8. The van der Waals surface area contributed by atoms with Crippen molar-refractivity contribution in [3.63, 3.8) is 0 Å². The summed E-state index contributed by atoms with van der Waals surface area (Å²) in [4.78, 5) is 29.5. The van der Waals surface area contributed by atoms with E-state index in [0.29, 0.717) is 40.5 Å². The summed E-state index contributed by atoms with van der Waals surface area (Å²) in [6, 6.07) is 112. The highest BCUT2D eigenvalue weighted by Gasteiger charge is 2.53. The Balaban J connectivity index is 0.000000131. The van der Waals surface area contributed by atoms with Gasteiger partial charge in [-0.05, 0) is 172 Å². The Morgan fingerprint density at radius 2 is 0.602 bits per heavy atom. The predicted molar refractivity (Wildman–Crippen MR) is 478 cm³/mol. The highest BCUT2D eigenvalue weighted by molar-refractivity contribution is 9.10. The molecule has 14 aromatic carbocycles. The molecule has 12 nitrogen and oxygen atoms in total. The summed E-state index contributed by atoms with van der Waals surface area (Å²) in [5.74, 6) is 3.74. The maximum atomic E-state index is 9.67. The van der Waals surface area contributed by atoms with Crippen LogP contribution < -0.4 is 5.46 Å². The van der Waals surface area contributed by atoms with Crippen molar-refractivity contribution in [1.29, 1.82) is 10.5 Å². The van der Waals surface area contributed by atoms with Crippen LogP contribution in [-0.4, -0.2) is 48.2 Å². The van der Waals surface area contributed by atoms with Crippen molar-refractivity contribution in [3.05, 3.63) is 353 Å². The number of benzene rings is 14. The van der Waals surface area contributed by atoms with Gasteiger partial charge in [-0.15, -0.1) is 0 Å². The molecule has 3 aliphatic rings. The van der Waals surface area contributed by atoms with Crippen LogP contribution in [0.25, 0.3) is 168 Å². The maximum Gasteiger partial charge on any atom is 0.495 e. The molecule has 1 aliphatic heterocycles. The van der Waals surface area contributed by atoms with Gasteiger partial charge in [-0.3, -0.25) is 0 Å². The van der Waals surface area contributed by atoms with Crippen molar-refractivity contribution in [2.45, 2.75) is 77.4 Å². The number of rotatable bonds is 10. The molecule has 1 saturated heterocycles. The van der Waals surface area contributed by atoms with E-state index in [1.54, 1.807) is 0 Å². The zero-order chi connectivity index (χ0) is 80.8. The van der Waals surface area contributed by atoms with Gasteiger partial charge in [0.25, 0.3) is 0 Å². The average molecular weight is 1590 g/mol. The van der Waals surface area contributed by atoms with Crippen LogP contribution in [0.4, 0.5) is 0 Å². The van der Waals surface area contributed by atoms with E-state index in [1.165, 1.54) is 44.5 Å². The number of aromatic nitrogens is 6. The van der Waals surface area contributed by atoms with Crippen molar-refractivity contribution in [2.24, 2.45) is 0 Å². The van der Waals surface area contributed by atoms with Gasteiger partial charge in [0.05, 0.1) is 34.5 Å². The third-order valence-corrected chi connectivity index (χ3v) is 24.3. The van der Waals surface area contributed by atoms with Gasteiger partial charge in [0.15, 0.2) is 34.9 Å². The molecule has 14 heteroatoms. The van der Waals surface area contributed by atoms with Crippen molar-refractivity contribution in [3.8, 4) is 136 Å². The molecule has 0 N–H and O–H groups in total. The fourth-order valence-electron chi connectivity index (χ4n) is 16.9. The van der Waals surface area contributed by atoms with E-state index < -0.39 is 18.3 Å². The molecule has 5 heterocycles. The van der Waals surface area contributed by atoms with Crippen molar-refractivity contribution in [1.82, 2.24) is 29.9 Å². The summed E-state index contributed by atoms with van der Waals surface area (Å²) in [5.41, 5.74) is 26.4. The maximum absolute atomic E-state index is 9.67. The average Bonchev–Trinajstić information content (AvgIpc) is 1.57. The molecule has 0 saturated carbocycles. The second-order valence-electron chi connectivity index (χ2n) is 32.2. The van der Waals surface area contributed by atoms with Gasteiger partial charge < -0.3 is 18.1 Å². The summed E-state index contributed by atoms with van der Waals surface area (Å²) >= 11 is 3.54. The highest BCUT2D eigenvalue weighted by Crippen LogP contribution is 2.53. The molecule has 1 fully saturated rings. The Hall–Kier alpha value is -13.9. The minimum Gasteiger partial charge on any atom is -0.456 e. The first-order valence-electron chi connectivity index (χ1n) is 39.5. The molecule has 566 valence electrons. The van der Waals surface area contributed by atoms with Crippen LogP contribution >= 0.6 is 15.9 Å². The van der Waals surface area contributed by atoms with Crippen LogP contribution in [0, 0.1) is 22.7 Å². The van der Waals surface area contributed by atoms with Crippen LogP contribution in [0.15, 0.2) is 329 Å². The normalized spacial score (nSPS) is 14.1. The Kier molecular flexibility index (Phi) is 18.5. The predicted octanol–water partition coefficient (Wildman–Crippen LogP) is 25.6. The Bertz CT molecular complexity index is 6960. The number of hydrogen-bond donors (Lipinski definition) is 0. The Labute approximate surface area is 693 Å². The summed E-state index contributed by atoms with van der Waals surface area (Å²) in [6.45, 7) is 17.2. The van der Waals surface area contributed by atoms with Crippen LogP contribution in [0.2, 0.25) is 0 Å². The lowest BCUT2D eigenvalue weighted by Crippen LogP contribution is -2.41. The molecular formula is C104H76BBrN8O4. The number of hydrogen-bond acceptors (Lipinski definition) is 12. The van der Waals surface area contributed by atoms with E-state index in [4.69, 9.17) is 53.3 Å². The van der Waals surface area contributed by atoms with Crippen LogP contribution in [0.5, 0.6) is 0 Å². The molecule has 4 aromatic heterocycles. The molecule has 0 amide bonds. The first kappa shape index (κ1) is 74.3. The fourth-order valence-corrected chi connectivity index (χ4v) is 17.2. The van der Waals surface area contributed by atoms with Gasteiger partial charge in [-0.2, -0.15) is 10.5 Å². The minimum absolute atomic E-state index is 0.0404. The second kappa shape index (κ2) is 29.5. The minimum atomic E-state index is -0.539. The number of furan rings is 2. The topological polar surface area (TPSA) is 170 Å². The van der Waals surface area contributed by atoms with Crippen LogP contribution in [0.3, 0.4) is 0 Å². The lowest BCUT2D eigenvalue weighted by molar-refractivity contribution is 0.00578. The zero-order valence-electron chi connectivity index (χ0n) is 66.2. The molecule has 21 rings (SSSR count). The van der Waals surface area contributed by atoms with E-state index in [9.17, 15) is 5.26 Å². The van der Waals surface area contributed by atoms with E-state index in [-0.39, 0.29) is 10.8 Å². The summed E-state index contributed by atoms with van der Waals surface area (Å²) < 4.78 is 27.0. The van der Waals surface area contributed by atoms with Crippen molar-refractivity contribution in [2.75, 3.05) is 0 Å².